The number of imidazole rings is 1. The van der Waals surface area contributed by atoms with Crippen molar-refractivity contribution in [3.8, 4) is 5.75 Å². The van der Waals surface area contributed by atoms with Crippen molar-refractivity contribution < 1.29 is 13.2 Å². The normalized spacial score (nSPS) is 11.4. The summed E-state index contributed by atoms with van der Waals surface area (Å²) in [6, 6.07) is 7.00. The minimum atomic E-state index is -3.43. The molecule has 0 aliphatic carbocycles. The predicted molar refractivity (Wildman–Crippen MR) is 67.1 cm³/mol. The van der Waals surface area contributed by atoms with Crippen molar-refractivity contribution >= 4 is 9.84 Å². The van der Waals surface area contributed by atoms with Gasteiger partial charge in [-0.2, -0.15) is 0 Å². The van der Waals surface area contributed by atoms with E-state index in [1.807, 2.05) is 0 Å². The second-order valence-corrected chi connectivity index (χ2v) is 5.81. The van der Waals surface area contributed by atoms with Gasteiger partial charge in [-0.3, -0.25) is 0 Å². The Morgan fingerprint density at radius 3 is 2.78 bits per heavy atom. The molecule has 2 rings (SSSR count). The molecule has 1 heterocycles. The fourth-order valence-corrected chi connectivity index (χ4v) is 3.17. The van der Waals surface area contributed by atoms with Gasteiger partial charge < -0.3 is 9.30 Å². The van der Waals surface area contributed by atoms with Crippen LogP contribution >= 0.6 is 0 Å². The zero-order chi connectivity index (χ0) is 13.2. The molecule has 0 saturated heterocycles. The number of ether oxygens (including phenoxy) is 1. The van der Waals surface area contributed by atoms with E-state index in [0.717, 1.165) is 0 Å². The first-order chi connectivity index (χ1) is 8.53. The van der Waals surface area contributed by atoms with Crippen LogP contribution in [0.3, 0.4) is 0 Å². The lowest BCUT2D eigenvalue weighted by Crippen LogP contribution is -2.10. The summed E-state index contributed by atoms with van der Waals surface area (Å²) in [5.74, 6) is 0.553. The summed E-state index contributed by atoms with van der Waals surface area (Å²) in [4.78, 5) is 3.87. The Kier molecular flexibility index (Phi) is 3.38. The van der Waals surface area contributed by atoms with Gasteiger partial charge in [0.25, 0.3) is 0 Å². The van der Waals surface area contributed by atoms with Crippen molar-refractivity contribution in [3.05, 3.63) is 42.2 Å². The van der Waals surface area contributed by atoms with Gasteiger partial charge >= 0.3 is 0 Å². The fourth-order valence-electron chi connectivity index (χ4n) is 1.70. The van der Waals surface area contributed by atoms with Crippen molar-refractivity contribution in [2.45, 2.75) is 10.9 Å². The summed E-state index contributed by atoms with van der Waals surface area (Å²) in [5, 5.41) is 0.0744. The summed E-state index contributed by atoms with van der Waals surface area (Å²) < 4.78 is 30.9. The molecule has 0 N–H and O–H groups in total. The van der Waals surface area contributed by atoms with Gasteiger partial charge in [0.1, 0.15) is 5.75 Å². The van der Waals surface area contributed by atoms with E-state index in [4.69, 9.17) is 4.74 Å². The molecule has 0 spiro atoms. The molecule has 18 heavy (non-hydrogen) atoms. The molecule has 0 unspecified atom stereocenters. The maximum absolute atomic E-state index is 12.2. The Morgan fingerprint density at radius 2 is 2.17 bits per heavy atom. The van der Waals surface area contributed by atoms with Crippen LogP contribution in [0.2, 0.25) is 0 Å². The van der Waals surface area contributed by atoms with Crippen LogP contribution in [0.15, 0.2) is 41.8 Å². The lowest BCUT2D eigenvalue weighted by molar-refractivity contribution is 0.414. The van der Waals surface area contributed by atoms with Crippen molar-refractivity contribution in [1.82, 2.24) is 9.55 Å². The third-order valence-corrected chi connectivity index (χ3v) is 4.21. The topological polar surface area (TPSA) is 61.2 Å². The maximum atomic E-state index is 12.2. The molecular weight excluding hydrogens is 252 g/mol. The van der Waals surface area contributed by atoms with Crippen molar-refractivity contribution in [3.63, 3.8) is 0 Å². The lowest BCUT2D eigenvalue weighted by atomic mass is 10.2. The fraction of sp³-hybridized carbons (Fsp3) is 0.250. The quantitative estimate of drug-likeness (QED) is 0.839. The molecule has 5 nitrogen and oxygen atoms in total. The first-order valence-corrected chi connectivity index (χ1v) is 7.01. The van der Waals surface area contributed by atoms with Gasteiger partial charge in [0.05, 0.1) is 12.9 Å². The van der Waals surface area contributed by atoms with Gasteiger partial charge in [0.15, 0.2) is 0 Å². The second-order valence-electron chi connectivity index (χ2n) is 3.93. The number of nitrogens with zero attached hydrogens (tertiary/aromatic N) is 2. The van der Waals surface area contributed by atoms with E-state index in [9.17, 15) is 8.42 Å². The Labute approximate surface area is 106 Å². The molecule has 0 amide bonds. The zero-order valence-corrected chi connectivity index (χ0v) is 11.0. The van der Waals surface area contributed by atoms with E-state index in [-0.39, 0.29) is 10.9 Å². The van der Waals surface area contributed by atoms with Crippen LogP contribution in [0.1, 0.15) is 5.56 Å². The number of aromatic nitrogens is 2. The number of hydrogen-bond donors (Lipinski definition) is 0. The Hall–Kier alpha value is -1.82. The van der Waals surface area contributed by atoms with Crippen LogP contribution < -0.4 is 4.74 Å². The van der Waals surface area contributed by atoms with Gasteiger partial charge in [0, 0.05) is 19.4 Å². The van der Waals surface area contributed by atoms with Crippen LogP contribution in [0.25, 0.3) is 0 Å². The maximum Gasteiger partial charge on any atom is 0.227 e. The summed E-state index contributed by atoms with van der Waals surface area (Å²) in [7, 11) is -0.223. The van der Waals surface area contributed by atoms with Gasteiger partial charge in [-0.1, -0.05) is 12.1 Å². The smallest absolute Gasteiger partial charge is 0.227 e. The Bertz CT molecular complexity index is 647. The number of rotatable bonds is 4. The standard InChI is InChI=1S/C12H14N2O3S/c1-14-7-6-13-12(14)18(15,16)9-10-4-3-5-11(8-10)17-2/h3-8H,9H2,1-2H3. The number of benzene rings is 1. The first kappa shape index (κ1) is 12.6. The molecule has 2 aromatic rings. The van der Waals surface area contributed by atoms with E-state index in [0.29, 0.717) is 11.3 Å². The van der Waals surface area contributed by atoms with Crippen molar-refractivity contribution in [1.29, 1.82) is 0 Å². The number of hydrogen-bond acceptors (Lipinski definition) is 4. The highest BCUT2D eigenvalue weighted by Crippen LogP contribution is 2.18. The molecule has 0 fully saturated rings. The highest BCUT2D eigenvalue weighted by atomic mass is 32.2. The minimum Gasteiger partial charge on any atom is -0.497 e. The molecule has 1 aromatic carbocycles. The predicted octanol–water partition coefficient (Wildman–Crippen LogP) is 1.40. The van der Waals surface area contributed by atoms with Crippen LogP contribution in [0.5, 0.6) is 5.75 Å². The molecular formula is C12H14N2O3S. The monoisotopic (exact) mass is 266 g/mol. The SMILES string of the molecule is COc1cccc(CS(=O)(=O)c2nccn2C)c1. The first-order valence-electron chi connectivity index (χ1n) is 5.36. The lowest BCUT2D eigenvalue weighted by Gasteiger charge is -2.06. The summed E-state index contributed by atoms with van der Waals surface area (Å²) in [6.45, 7) is 0. The summed E-state index contributed by atoms with van der Waals surface area (Å²) in [5.41, 5.74) is 0.678. The average molecular weight is 266 g/mol. The van der Waals surface area contributed by atoms with Gasteiger partial charge in [-0.15, -0.1) is 0 Å². The molecule has 0 saturated carbocycles. The third-order valence-electron chi connectivity index (χ3n) is 2.55. The largest absolute Gasteiger partial charge is 0.497 e. The van der Waals surface area contributed by atoms with E-state index in [1.54, 1.807) is 44.6 Å². The van der Waals surface area contributed by atoms with E-state index < -0.39 is 9.84 Å². The summed E-state index contributed by atoms with van der Waals surface area (Å²) >= 11 is 0. The number of sulfone groups is 1. The van der Waals surface area contributed by atoms with Gasteiger partial charge in [0.2, 0.25) is 15.0 Å². The van der Waals surface area contributed by atoms with E-state index in [1.165, 1.54) is 10.8 Å². The van der Waals surface area contributed by atoms with Crippen LogP contribution in [0, 0.1) is 0 Å². The number of methoxy groups -OCH3 is 1. The van der Waals surface area contributed by atoms with Crippen molar-refractivity contribution in [2.24, 2.45) is 7.05 Å². The van der Waals surface area contributed by atoms with Crippen LogP contribution in [0.4, 0.5) is 0 Å². The molecule has 0 bridgehead atoms. The second kappa shape index (κ2) is 4.81. The summed E-state index contributed by atoms with van der Waals surface area (Å²) in [6.07, 6.45) is 3.08. The molecule has 0 aliphatic rings. The van der Waals surface area contributed by atoms with Crippen LogP contribution in [-0.4, -0.2) is 25.1 Å². The Morgan fingerprint density at radius 1 is 1.39 bits per heavy atom. The van der Waals surface area contributed by atoms with Crippen LogP contribution in [-0.2, 0) is 22.6 Å². The van der Waals surface area contributed by atoms with Gasteiger partial charge in [-0.05, 0) is 17.7 Å². The average Bonchev–Trinajstić information content (AvgIpc) is 2.76. The Balaban J connectivity index is 2.31. The van der Waals surface area contributed by atoms with Gasteiger partial charge in [-0.25, -0.2) is 13.4 Å². The van der Waals surface area contributed by atoms with Crippen molar-refractivity contribution in [2.75, 3.05) is 7.11 Å². The molecule has 0 radical (unpaired) electrons. The highest BCUT2D eigenvalue weighted by molar-refractivity contribution is 7.90. The molecule has 6 heteroatoms. The highest BCUT2D eigenvalue weighted by Gasteiger charge is 2.20. The minimum absolute atomic E-state index is 0.0744. The molecule has 96 valence electrons. The zero-order valence-electron chi connectivity index (χ0n) is 10.2. The molecule has 0 aliphatic heterocycles. The third kappa shape index (κ3) is 2.53. The van der Waals surface area contributed by atoms with E-state index in [2.05, 4.69) is 4.98 Å². The van der Waals surface area contributed by atoms with E-state index >= 15 is 0 Å². The number of aryl methyl sites for hydroxylation is 1. The molecule has 1 aromatic heterocycles. The molecule has 0 atom stereocenters.